The number of carbonyl (C=O) groups excluding carboxylic acids is 2. The van der Waals surface area contributed by atoms with Crippen LogP contribution in [0, 0.1) is 11.3 Å². The largest absolute Gasteiger partial charge is 0.338 e. The molecule has 8 nitrogen and oxygen atoms in total. The maximum absolute atomic E-state index is 13.5. The summed E-state index contributed by atoms with van der Waals surface area (Å²) in [6.07, 6.45) is 1.70. The third-order valence-corrected chi connectivity index (χ3v) is 7.20. The van der Waals surface area contributed by atoms with Crippen molar-refractivity contribution >= 4 is 46.6 Å². The van der Waals surface area contributed by atoms with E-state index in [2.05, 4.69) is 26.9 Å². The van der Waals surface area contributed by atoms with Crippen LogP contribution in [0.5, 0.6) is 0 Å². The molecule has 10 heteroatoms. The van der Waals surface area contributed by atoms with Crippen LogP contribution in [0.3, 0.4) is 0 Å². The molecule has 0 unspecified atom stereocenters. The molecule has 208 valence electrons. The Morgan fingerprint density at radius 1 is 1.00 bits per heavy atom. The fraction of sp³-hybridized carbons (Fsp3) is 0.300. The highest BCUT2D eigenvalue weighted by Gasteiger charge is 2.23. The van der Waals surface area contributed by atoms with Crippen LogP contribution in [0.4, 0.5) is 21.0 Å². The molecule has 1 saturated heterocycles. The van der Waals surface area contributed by atoms with Crippen molar-refractivity contribution in [2.45, 2.75) is 25.8 Å². The molecule has 1 heterocycles. The maximum atomic E-state index is 13.5. The van der Waals surface area contributed by atoms with E-state index in [9.17, 15) is 14.9 Å². The fourth-order valence-electron chi connectivity index (χ4n) is 4.71. The molecular formula is C30H32Cl2N6O2. The molecule has 4 rings (SSSR count). The predicted octanol–water partition coefficient (Wildman–Crippen LogP) is 6.35. The number of benzene rings is 3. The highest BCUT2D eigenvalue weighted by Crippen LogP contribution is 2.26. The summed E-state index contributed by atoms with van der Waals surface area (Å²) in [5.41, 5.74) is 3.71. The smallest absolute Gasteiger partial charge is 0.326 e. The van der Waals surface area contributed by atoms with Gasteiger partial charge < -0.3 is 20.9 Å². The van der Waals surface area contributed by atoms with Crippen molar-refractivity contribution in [3.8, 4) is 17.2 Å². The number of likely N-dealkylation sites (tertiary alicyclic amines) is 1. The number of carbonyl (C=O) groups is 2. The van der Waals surface area contributed by atoms with Gasteiger partial charge in [-0.2, -0.15) is 5.26 Å². The van der Waals surface area contributed by atoms with E-state index in [1.807, 2.05) is 49.4 Å². The van der Waals surface area contributed by atoms with E-state index in [0.29, 0.717) is 40.9 Å². The third kappa shape index (κ3) is 8.12. The topological polar surface area (TPSA) is 100 Å². The Balaban J connectivity index is 1.47. The number of nitrogens with one attached hydrogen (secondary N) is 3. The van der Waals surface area contributed by atoms with Crippen molar-refractivity contribution in [3.05, 3.63) is 82.3 Å². The first-order valence-electron chi connectivity index (χ1n) is 13.3. The molecule has 0 aliphatic carbocycles. The second kappa shape index (κ2) is 14.0. The average molecular weight is 580 g/mol. The summed E-state index contributed by atoms with van der Waals surface area (Å²) in [6.45, 7) is 5.26. The van der Waals surface area contributed by atoms with Crippen LogP contribution in [-0.4, -0.2) is 55.7 Å². The van der Waals surface area contributed by atoms with Crippen molar-refractivity contribution in [2.75, 3.05) is 42.9 Å². The van der Waals surface area contributed by atoms with Gasteiger partial charge in [0, 0.05) is 60.2 Å². The molecule has 1 fully saturated rings. The van der Waals surface area contributed by atoms with E-state index in [4.69, 9.17) is 23.2 Å². The monoisotopic (exact) mass is 578 g/mol. The molecule has 40 heavy (non-hydrogen) atoms. The highest BCUT2D eigenvalue weighted by atomic mass is 35.5. The van der Waals surface area contributed by atoms with Gasteiger partial charge in [0.1, 0.15) is 0 Å². The van der Waals surface area contributed by atoms with Gasteiger partial charge in [-0.3, -0.25) is 4.90 Å². The van der Waals surface area contributed by atoms with E-state index in [0.717, 1.165) is 42.7 Å². The van der Waals surface area contributed by atoms with E-state index in [1.165, 1.54) is 0 Å². The van der Waals surface area contributed by atoms with Crippen LogP contribution >= 0.6 is 23.2 Å². The molecule has 0 aromatic heterocycles. The minimum atomic E-state index is -0.301. The van der Waals surface area contributed by atoms with Gasteiger partial charge in [-0.1, -0.05) is 47.5 Å². The van der Waals surface area contributed by atoms with Crippen LogP contribution in [0.1, 0.15) is 25.3 Å². The molecule has 3 aromatic rings. The van der Waals surface area contributed by atoms with Crippen molar-refractivity contribution < 1.29 is 9.59 Å². The number of rotatable bonds is 8. The molecule has 0 bridgehead atoms. The Labute approximate surface area is 244 Å². The molecule has 0 saturated carbocycles. The van der Waals surface area contributed by atoms with Crippen LogP contribution in [0.15, 0.2) is 66.7 Å². The Bertz CT molecular complexity index is 1350. The minimum Gasteiger partial charge on any atom is -0.338 e. The zero-order valence-corrected chi connectivity index (χ0v) is 23.8. The lowest BCUT2D eigenvalue weighted by atomic mass is 10.0. The van der Waals surface area contributed by atoms with Crippen LogP contribution < -0.4 is 20.9 Å². The SMILES string of the molecule is CCNC(=O)NC1CCN(CCN(C(=O)Nc2cc(Cl)cc(Cl)c2)c2ccc(-c3cccc(C#N)c3)cc2)CC1. The highest BCUT2D eigenvalue weighted by molar-refractivity contribution is 6.35. The predicted molar refractivity (Wildman–Crippen MR) is 161 cm³/mol. The first-order chi connectivity index (χ1) is 19.3. The quantitative estimate of drug-likeness (QED) is 0.289. The number of amides is 4. The minimum absolute atomic E-state index is 0.132. The van der Waals surface area contributed by atoms with Crippen molar-refractivity contribution in [2.24, 2.45) is 0 Å². The van der Waals surface area contributed by atoms with Crippen molar-refractivity contribution in [1.29, 1.82) is 5.26 Å². The Morgan fingerprint density at radius 2 is 1.70 bits per heavy atom. The third-order valence-electron chi connectivity index (χ3n) is 6.76. The number of urea groups is 2. The van der Waals surface area contributed by atoms with E-state index in [1.54, 1.807) is 29.2 Å². The van der Waals surface area contributed by atoms with Gasteiger partial charge in [-0.15, -0.1) is 0 Å². The van der Waals surface area contributed by atoms with E-state index < -0.39 is 0 Å². The number of nitrogens with zero attached hydrogens (tertiary/aromatic N) is 3. The van der Waals surface area contributed by atoms with Gasteiger partial charge in [0.15, 0.2) is 0 Å². The first kappa shape index (κ1) is 29.2. The zero-order chi connectivity index (χ0) is 28.5. The summed E-state index contributed by atoms with van der Waals surface area (Å²) in [6, 6.07) is 21.9. The molecule has 0 radical (unpaired) electrons. The maximum Gasteiger partial charge on any atom is 0.326 e. The Morgan fingerprint density at radius 3 is 2.35 bits per heavy atom. The van der Waals surface area contributed by atoms with E-state index in [-0.39, 0.29) is 18.1 Å². The van der Waals surface area contributed by atoms with Crippen molar-refractivity contribution in [3.63, 3.8) is 0 Å². The normalized spacial score (nSPS) is 13.8. The number of nitriles is 1. The number of hydrogen-bond acceptors (Lipinski definition) is 4. The number of anilines is 2. The van der Waals surface area contributed by atoms with Crippen LogP contribution in [0.25, 0.3) is 11.1 Å². The van der Waals surface area contributed by atoms with Gasteiger partial charge in [0.2, 0.25) is 0 Å². The number of hydrogen-bond donors (Lipinski definition) is 3. The van der Waals surface area contributed by atoms with Crippen LogP contribution in [-0.2, 0) is 0 Å². The van der Waals surface area contributed by atoms with Crippen molar-refractivity contribution in [1.82, 2.24) is 15.5 Å². The second-order valence-corrected chi connectivity index (χ2v) is 10.5. The summed E-state index contributed by atoms with van der Waals surface area (Å²) in [5, 5.41) is 18.8. The lowest BCUT2D eigenvalue weighted by molar-refractivity contribution is 0.195. The Kier molecular flexibility index (Phi) is 10.3. The van der Waals surface area contributed by atoms with Gasteiger partial charge in [0.05, 0.1) is 11.6 Å². The molecule has 3 aromatic carbocycles. The lowest BCUT2D eigenvalue weighted by Gasteiger charge is -2.34. The summed E-state index contributed by atoms with van der Waals surface area (Å²) in [4.78, 5) is 29.4. The van der Waals surface area contributed by atoms with Gasteiger partial charge >= 0.3 is 12.1 Å². The summed E-state index contributed by atoms with van der Waals surface area (Å²) >= 11 is 12.3. The Hall–Kier alpha value is -3.77. The number of piperidine rings is 1. The molecule has 0 atom stereocenters. The van der Waals surface area contributed by atoms with E-state index >= 15 is 0 Å². The summed E-state index contributed by atoms with van der Waals surface area (Å²) in [7, 11) is 0. The lowest BCUT2D eigenvalue weighted by Crippen LogP contribution is -2.49. The average Bonchev–Trinajstić information content (AvgIpc) is 2.94. The van der Waals surface area contributed by atoms with Gasteiger partial charge in [-0.05, 0) is 73.4 Å². The summed E-state index contributed by atoms with van der Waals surface area (Å²) < 4.78 is 0. The molecular weight excluding hydrogens is 547 g/mol. The molecule has 0 spiro atoms. The van der Waals surface area contributed by atoms with Crippen LogP contribution in [0.2, 0.25) is 10.0 Å². The number of halogens is 2. The summed E-state index contributed by atoms with van der Waals surface area (Å²) in [5.74, 6) is 0. The van der Waals surface area contributed by atoms with Gasteiger partial charge in [-0.25, -0.2) is 9.59 Å². The zero-order valence-electron chi connectivity index (χ0n) is 22.3. The molecule has 3 N–H and O–H groups in total. The fourth-order valence-corrected chi connectivity index (χ4v) is 5.23. The molecule has 1 aliphatic heterocycles. The standard InChI is InChI=1S/C30H32Cl2N6O2/c1-2-34-29(39)35-26-10-12-37(13-11-26)14-15-38(30(40)36-27-18-24(31)17-25(32)19-27)28-8-6-22(7-9-28)23-5-3-4-21(16-23)20-33/h3-9,16-19,26H,2,10-15H2,1H3,(H,36,40)(H2,34,35,39). The molecule has 1 aliphatic rings. The first-order valence-corrected chi connectivity index (χ1v) is 14.0. The van der Waals surface area contributed by atoms with Gasteiger partial charge in [0.25, 0.3) is 0 Å². The molecule has 4 amide bonds. The second-order valence-electron chi connectivity index (χ2n) is 9.60.